The van der Waals surface area contributed by atoms with Crippen LogP contribution in [0.2, 0.25) is 0 Å². The number of likely N-dealkylation sites (N-methyl/N-ethyl adjacent to an activating group) is 1. The first kappa shape index (κ1) is 15.6. The SMILES string of the molecule is CCNc1ccc(C(=O)N(C)C(C)Cc2cccs2)cc1. The normalized spacial score (nSPS) is 12.0. The van der Waals surface area contributed by atoms with E-state index in [2.05, 4.69) is 30.6 Å². The van der Waals surface area contributed by atoms with Gasteiger partial charge in [0, 0.05) is 42.2 Å². The van der Waals surface area contributed by atoms with Gasteiger partial charge in [-0.15, -0.1) is 11.3 Å². The predicted molar refractivity (Wildman–Crippen MR) is 90.2 cm³/mol. The third-order valence-corrected chi connectivity index (χ3v) is 4.47. The zero-order valence-electron chi connectivity index (χ0n) is 12.8. The molecule has 0 spiro atoms. The van der Waals surface area contributed by atoms with Crippen LogP contribution in [0.25, 0.3) is 0 Å². The summed E-state index contributed by atoms with van der Waals surface area (Å²) in [7, 11) is 1.87. The molecule has 0 radical (unpaired) electrons. The highest BCUT2D eigenvalue weighted by Gasteiger charge is 2.18. The van der Waals surface area contributed by atoms with Crippen molar-refractivity contribution >= 4 is 22.9 Å². The summed E-state index contributed by atoms with van der Waals surface area (Å²) in [6.07, 6.45) is 0.898. The van der Waals surface area contributed by atoms with E-state index < -0.39 is 0 Å². The van der Waals surface area contributed by atoms with E-state index in [4.69, 9.17) is 0 Å². The van der Waals surface area contributed by atoms with Gasteiger partial charge >= 0.3 is 0 Å². The third-order valence-electron chi connectivity index (χ3n) is 3.57. The molecular weight excluding hydrogens is 280 g/mol. The van der Waals surface area contributed by atoms with E-state index in [9.17, 15) is 4.79 Å². The zero-order chi connectivity index (χ0) is 15.2. The number of nitrogens with one attached hydrogen (secondary N) is 1. The third kappa shape index (κ3) is 4.08. The fourth-order valence-corrected chi connectivity index (χ4v) is 3.02. The molecule has 0 saturated heterocycles. The largest absolute Gasteiger partial charge is 0.385 e. The lowest BCUT2D eigenvalue weighted by Crippen LogP contribution is -2.36. The summed E-state index contributed by atoms with van der Waals surface area (Å²) in [6, 6.07) is 12.0. The van der Waals surface area contributed by atoms with E-state index >= 15 is 0 Å². The summed E-state index contributed by atoms with van der Waals surface area (Å²) in [5.74, 6) is 0.0714. The number of carbonyl (C=O) groups excluding carboxylic acids is 1. The molecule has 1 aromatic carbocycles. The molecule has 2 rings (SSSR count). The number of amides is 1. The molecule has 1 aromatic heterocycles. The second kappa shape index (κ2) is 7.27. The van der Waals surface area contributed by atoms with Crippen molar-refractivity contribution in [3.63, 3.8) is 0 Å². The van der Waals surface area contributed by atoms with Crippen molar-refractivity contribution in [2.45, 2.75) is 26.3 Å². The summed E-state index contributed by atoms with van der Waals surface area (Å²) in [5, 5.41) is 5.30. The van der Waals surface area contributed by atoms with Gasteiger partial charge in [0.2, 0.25) is 0 Å². The molecular formula is C17H22N2OS. The average Bonchev–Trinajstić information content (AvgIpc) is 3.00. The maximum Gasteiger partial charge on any atom is 0.253 e. The van der Waals surface area contributed by atoms with Gasteiger partial charge in [0.25, 0.3) is 5.91 Å². The van der Waals surface area contributed by atoms with Crippen LogP contribution in [0.4, 0.5) is 5.69 Å². The van der Waals surface area contributed by atoms with Crippen molar-refractivity contribution < 1.29 is 4.79 Å². The number of rotatable bonds is 6. The lowest BCUT2D eigenvalue weighted by atomic mass is 10.1. The highest BCUT2D eigenvalue weighted by molar-refractivity contribution is 7.09. The molecule has 1 atom stereocenters. The van der Waals surface area contributed by atoms with Crippen LogP contribution in [-0.4, -0.2) is 30.4 Å². The van der Waals surface area contributed by atoms with Crippen molar-refractivity contribution in [2.75, 3.05) is 18.9 Å². The number of nitrogens with zero attached hydrogens (tertiary/aromatic N) is 1. The molecule has 1 N–H and O–H groups in total. The highest BCUT2D eigenvalue weighted by atomic mass is 32.1. The van der Waals surface area contributed by atoms with Crippen LogP contribution < -0.4 is 5.32 Å². The van der Waals surface area contributed by atoms with E-state index in [0.717, 1.165) is 24.2 Å². The Morgan fingerprint density at radius 1 is 1.29 bits per heavy atom. The van der Waals surface area contributed by atoms with Crippen LogP contribution in [0.5, 0.6) is 0 Å². The van der Waals surface area contributed by atoms with Crippen molar-refractivity contribution in [3.05, 3.63) is 52.2 Å². The van der Waals surface area contributed by atoms with Crippen LogP contribution >= 0.6 is 11.3 Å². The Labute approximate surface area is 130 Å². The molecule has 0 aliphatic rings. The van der Waals surface area contributed by atoms with Gasteiger partial charge in [-0.05, 0) is 49.6 Å². The van der Waals surface area contributed by atoms with Gasteiger partial charge in [-0.2, -0.15) is 0 Å². The monoisotopic (exact) mass is 302 g/mol. The summed E-state index contributed by atoms with van der Waals surface area (Å²) in [6.45, 7) is 5.02. The lowest BCUT2D eigenvalue weighted by molar-refractivity contribution is 0.0744. The summed E-state index contributed by atoms with van der Waals surface area (Å²) >= 11 is 1.74. The first-order valence-corrected chi connectivity index (χ1v) is 8.13. The minimum Gasteiger partial charge on any atom is -0.385 e. The van der Waals surface area contributed by atoms with Crippen LogP contribution in [-0.2, 0) is 6.42 Å². The zero-order valence-corrected chi connectivity index (χ0v) is 13.6. The van der Waals surface area contributed by atoms with Gasteiger partial charge in [0.05, 0.1) is 0 Å². The number of thiophene rings is 1. The first-order chi connectivity index (χ1) is 10.1. The van der Waals surface area contributed by atoms with Gasteiger partial charge in [-0.3, -0.25) is 4.79 Å². The molecule has 0 fully saturated rings. The molecule has 1 unspecified atom stereocenters. The van der Waals surface area contributed by atoms with Crippen molar-refractivity contribution in [1.29, 1.82) is 0 Å². The molecule has 0 aliphatic heterocycles. The van der Waals surface area contributed by atoms with E-state index in [1.165, 1.54) is 4.88 Å². The minimum absolute atomic E-state index is 0.0714. The number of anilines is 1. The Balaban J connectivity index is 2.00. The van der Waals surface area contributed by atoms with Gasteiger partial charge in [0.15, 0.2) is 0 Å². The van der Waals surface area contributed by atoms with E-state index in [1.807, 2.05) is 42.3 Å². The van der Waals surface area contributed by atoms with Crippen LogP contribution in [0, 0.1) is 0 Å². The quantitative estimate of drug-likeness (QED) is 0.878. The van der Waals surface area contributed by atoms with E-state index in [1.54, 1.807) is 11.3 Å². The van der Waals surface area contributed by atoms with Crippen molar-refractivity contribution in [2.24, 2.45) is 0 Å². The molecule has 3 nitrogen and oxygen atoms in total. The number of hydrogen-bond acceptors (Lipinski definition) is 3. The molecule has 0 bridgehead atoms. The van der Waals surface area contributed by atoms with E-state index in [0.29, 0.717) is 0 Å². The number of benzene rings is 1. The maximum absolute atomic E-state index is 12.5. The average molecular weight is 302 g/mol. The second-order valence-electron chi connectivity index (χ2n) is 5.16. The Morgan fingerprint density at radius 3 is 2.57 bits per heavy atom. The fraction of sp³-hybridized carbons (Fsp3) is 0.353. The van der Waals surface area contributed by atoms with Crippen molar-refractivity contribution in [3.8, 4) is 0 Å². The smallest absolute Gasteiger partial charge is 0.253 e. The Kier molecular flexibility index (Phi) is 5.39. The predicted octanol–water partition coefficient (Wildman–Crippen LogP) is 3.88. The molecule has 0 saturated carbocycles. The molecule has 1 amide bonds. The van der Waals surface area contributed by atoms with Gasteiger partial charge in [-0.1, -0.05) is 6.07 Å². The van der Waals surface area contributed by atoms with Crippen molar-refractivity contribution in [1.82, 2.24) is 4.90 Å². The standard InChI is InChI=1S/C17H22N2OS/c1-4-18-15-9-7-14(8-10-15)17(20)19(3)13(2)12-16-6-5-11-21-16/h5-11,13,18H,4,12H2,1-3H3. The molecule has 1 heterocycles. The van der Waals surface area contributed by atoms with E-state index in [-0.39, 0.29) is 11.9 Å². The molecule has 2 aromatic rings. The van der Waals surface area contributed by atoms with Gasteiger partial charge in [0.1, 0.15) is 0 Å². The van der Waals surface area contributed by atoms with Gasteiger partial charge < -0.3 is 10.2 Å². The second-order valence-corrected chi connectivity index (χ2v) is 6.19. The molecule has 112 valence electrons. The molecule has 0 aliphatic carbocycles. The number of hydrogen-bond donors (Lipinski definition) is 1. The molecule has 21 heavy (non-hydrogen) atoms. The highest BCUT2D eigenvalue weighted by Crippen LogP contribution is 2.16. The van der Waals surface area contributed by atoms with Crippen LogP contribution in [0.3, 0.4) is 0 Å². The summed E-state index contributed by atoms with van der Waals surface area (Å²) in [4.78, 5) is 15.6. The first-order valence-electron chi connectivity index (χ1n) is 7.25. The Morgan fingerprint density at radius 2 is 2.00 bits per heavy atom. The van der Waals surface area contributed by atoms with Crippen LogP contribution in [0.15, 0.2) is 41.8 Å². The Hall–Kier alpha value is -1.81. The van der Waals surface area contributed by atoms with Crippen LogP contribution in [0.1, 0.15) is 29.1 Å². The molecule has 4 heteroatoms. The van der Waals surface area contributed by atoms with Gasteiger partial charge in [-0.25, -0.2) is 0 Å². The summed E-state index contributed by atoms with van der Waals surface area (Å²) < 4.78 is 0. The minimum atomic E-state index is 0.0714. The summed E-state index contributed by atoms with van der Waals surface area (Å²) in [5.41, 5.74) is 1.78. The fourth-order valence-electron chi connectivity index (χ4n) is 2.20. The topological polar surface area (TPSA) is 32.3 Å². The lowest BCUT2D eigenvalue weighted by Gasteiger charge is -2.24. The number of carbonyl (C=O) groups is 1. The maximum atomic E-state index is 12.5. The Bertz CT molecular complexity index is 563.